The summed E-state index contributed by atoms with van der Waals surface area (Å²) < 4.78 is 54.2. The first-order chi connectivity index (χ1) is 8.43. The molecule has 0 aliphatic rings. The zero-order chi connectivity index (χ0) is 13.6. The van der Waals surface area contributed by atoms with Crippen LogP contribution in [0.15, 0.2) is 16.5 Å². The summed E-state index contributed by atoms with van der Waals surface area (Å²) in [5.74, 6) is -4.87. The van der Waals surface area contributed by atoms with Crippen molar-refractivity contribution in [1.82, 2.24) is 5.32 Å². The molecular weight excluding hydrogens is 274 g/mol. The van der Waals surface area contributed by atoms with Crippen LogP contribution in [0.1, 0.15) is 11.5 Å². The Kier molecular flexibility index (Phi) is 5.97. The number of hydrogen-bond donors (Lipinski definition) is 2. The van der Waals surface area contributed by atoms with E-state index in [-0.39, 0.29) is 12.3 Å². The van der Waals surface area contributed by atoms with E-state index in [2.05, 4.69) is 5.32 Å². The third-order valence-electron chi connectivity index (χ3n) is 1.98. The van der Waals surface area contributed by atoms with Crippen LogP contribution >= 0.6 is 11.8 Å². The average molecular weight is 287 g/mol. The van der Waals surface area contributed by atoms with Crippen LogP contribution < -0.4 is 5.32 Å². The Hall–Kier alpha value is -0.730. The molecule has 3 nitrogen and oxygen atoms in total. The first kappa shape index (κ1) is 15.3. The lowest BCUT2D eigenvalue weighted by molar-refractivity contribution is -0.0479. The van der Waals surface area contributed by atoms with Gasteiger partial charge in [-0.1, -0.05) is 11.8 Å². The molecule has 0 unspecified atom stereocenters. The Bertz CT molecular complexity index is 359. The summed E-state index contributed by atoms with van der Waals surface area (Å²) in [6.07, 6.45) is 0. The van der Waals surface area contributed by atoms with Gasteiger partial charge in [-0.25, -0.2) is 8.78 Å². The predicted molar refractivity (Wildman–Crippen MR) is 59.7 cm³/mol. The average Bonchev–Trinajstić information content (AvgIpc) is 2.74. The normalized spacial score (nSPS) is 12.3. The van der Waals surface area contributed by atoms with E-state index in [4.69, 9.17) is 9.52 Å². The van der Waals surface area contributed by atoms with E-state index in [1.165, 1.54) is 12.1 Å². The van der Waals surface area contributed by atoms with Crippen molar-refractivity contribution in [2.45, 2.75) is 24.0 Å². The molecule has 0 aliphatic carbocycles. The fourth-order valence-corrected chi connectivity index (χ4v) is 1.61. The summed E-state index contributed by atoms with van der Waals surface area (Å²) in [5, 5.41) is 10.7. The number of aliphatic hydroxyl groups is 1. The van der Waals surface area contributed by atoms with Gasteiger partial charge in [0.1, 0.15) is 18.1 Å². The molecule has 1 heterocycles. The first-order valence-electron chi connectivity index (χ1n) is 5.10. The maximum absolute atomic E-state index is 12.6. The highest BCUT2D eigenvalue weighted by atomic mass is 32.2. The van der Waals surface area contributed by atoms with Crippen molar-refractivity contribution < 1.29 is 27.1 Å². The third-order valence-corrected chi connectivity index (χ3v) is 2.69. The minimum atomic E-state index is -3.18. The molecule has 0 spiro atoms. The molecule has 0 bridgehead atoms. The van der Waals surface area contributed by atoms with Crippen molar-refractivity contribution in [3.05, 3.63) is 23.7 Å². The molecule has 0 atom stereocenters. The minimum Gasteiger partial charge on any atom is -0.464 e. The van der Waals surface area contributed by atoms with Crippen LogP contribution in [0.25, 0.3) is 0 Å². The van der Waals surface area contributed by atoms with Crippen LogP contribution in [0, 0.1) is 0 Å². The molecule has 0 aromatic carbocycles. The van der Waals surface area contributed by atoms with E-state index in [0.717, 1.165) is 0 Å². The quantitative estimate of drug-likeness (QED) is 0.721. The van der Waals surface area contributed by atoms with Crippen LogP contribution in [-0.2, 0) is 12.3 Å². The standard InChI is InChI=1S/C10H13F4NO2S/c11-9(12)18-4-8-2-1-7(17-8)3-15-5-10(13,14)6-16/h1-2,9,15-16H,3-6H2. The van der Waals surface area contributed by atoms with Gasteiger partial charge in [0.15, 0.2) is 0 Å². The number of furan rings is 1. The smallest absolute Gasteiger partial charge is 0.284 e. The van der Waals surface area contributed by atoms with Crippen LogP contribution in [0.2, 0.25) is 0 Å². The number of aliphatic hydroxyl groups excluding tert-OH is 1. The maximum atomic E-state index is 12.6. The number of hydrogen-bond acceptors (Lipinski definition) is 4. The SMILES string of the molecule is OCC(F)(F)CNCc1ccc(CSC(F)F)o1. The summed E-state index contributed by atoms with van der Waals surface area (Å²) in [6, 6.07) is 3.06. The maximum Gasteiger partial charge on any atom is 0.284 e. The van der Waals surface area contributed by atoms with Gasteiger partial charge in [-0.15, -0.1) is 0 Å². The van der Waals surface area contributed by atoms with Gasteiger partial charge in [0, 0.05) is 0 Å². The number of nitrogens with one attached hydrogen (secondary N) is 1. The minimum absolute atomic E-state index is 0.0322. The highest BCUT2D eigenvalue weighted by Gasteiger charge is 2.26. The Labute approximate surface area is 106 Å². The van der Waals surface area contributed by atoms with Crippen LogP contribution in [0.4, 0.5) is 17.6 Å². The molecule has 0 saturated heterocycles. The van der Waals surface area contributed by atoms with Gasteiger partial charge in [-0.3, -0.25) is 0 Å². The number of alkyl halides is 4. The summed E-state index contributed by atoms with van der Waals surface area (Å²) in [6.45, 7) is -1.85. The lowest BCUT2D eigenvalue weighted by atomic mass is 10.3. The van der Waals surface area contributed by atoms with E-state index >= 15 is 0 Å². The van der Waals surface area contributed by atoms with Gasteiger partial charge in [0.05, 0.1) is 18.8 Å². The molecule has 1 rings (SSSR count). The largest absolute Gasteiger partial charge is 0.464 e. The summed E-state index contributed by atoms with van der Waals surface area (Å²) in [5.41, 5.74) is 0. The molecular formula is C10H13F4NO2S. The van der Waals surface area contributed by atoms with Crippen molar-refractivity contribution >= 4 is 11.8 Å². The second-order valence-electron chi connectivity index (χ2n) is 3.56. The van der Waals surface area contributed by atoms with Gasteiger partial charge in [-0.05, 0) is 12.1 Å². The van der Waals surface area contributed by atoms with E-state index in [0.29, 0.717) is 23.3 Å². The molecule has 2 N–H and O–H groups in total. The van der Waals surface area contributed by atoms with Crippen LogP contribution in [0.3, 0.4) is 0 Å². The Morgan fingerprint density at radius 1 is 1.33 bits per heavy atom. The monoisotopic (exact) mass is 287 g/mol. The van der Waals surface area contributed by atoms with Crippen LogP contribution in [0.5, 0.6) is 0 Å². The number of rotatable bonds is 8. The molecule has 0 radical (unpaired) electrons. The summed E-state index contributed by atoms with van der Waals surface area (Å²) >= 11 is 0.429. The molecule has 1 aromatic rings. The number of thioether (sulfide) groups is 1. The molecule has 0 saturated carbocycles. The fraction of sp³-hybridized carbons (Fsp3) is 0.600. The van der Waals surface area contributed by atoms with E-state index in [1.807, 2.05) is 0 Å². The molecule has 104 valence electrons. The van der Waals surface area contributed by atoms with Crippen molar-refractivity contribution in [2.24, 2.45) is 0 Å². The Morgan fingerprint density at radius 2 is 2.00 bits per heavy atom. The van der Waals surface area contributed by atoms with E-state index < -0.39 is 24.8 Å². The predicted octanol–water partition coefficient (Wildman–Crippen LogP) is 2.45. The zero-order valence-electron chi connectivity index (χ0n) is 9.34. The van der Waals surface area contributed by atoms with Gasteiger partial charge in [0.2, 0.25) is 0 Å². The topological polar surface area (TPSA) is 45.4 Å². The molecule has 0 amide bonds. The molecule has 0 aliphatic heterocycles. The van der Waals surface area contributed by atoms with E-state index in [1.54, 1.807) is 0 Å². The molecule has 0 fully saturated rings. The second-order valence-corrected chi connectivity index (χ2v) is 4.54. The van der Waals surface area contributed by atoms with Crippen molar-refractivity contribution in [3.8, 4) is 0 Å². The van der Waals surface area contributed by atoms with Crippen molar-refractivity contribution in [1.29, 1.82) is 0 Å². The van der Waals surface area contributed by atoms with Crippen molar-refractivity contribution in [3.63, 3.8) is 0 Å². The molecule has 1 aromatic heterocycles. The van der Waals surface area contributed by atoms with Gasteiger partial charge in [0.25, 0.3) is 11.7 Å². The highest BCUT2D eigenvalue weighted by Crippen LogP contribution is 2.21. The molecule has 18 heavy (non-hydrogen) atoms. The fourth-order valence-electron chi connectivity index (χ4n) is 1.16. The lowest BCUT2D eigenvalue weighted by Gasteiger charge is -2.12. The van der Waals surface area contributed by atoms with E-state index in [9.17, 15) is 17.6 Å². The third kappa shape index (κ3) is 5.74. The van der Waals surface area contributed by atoms with Gasteiger partial charge < -0.3 is 14.8 Å². The zero-order valence-corrected chi connectivity index (χ0v) is 10.2. The summed E-state index contributed by atoms with van der Waals surface area (Å²) in [7, 11) is 0. The van der Waals surface area contributed by atoms with Crippen LogP contribution in [-0.4, -0.2) is 29.9 Å². The van der Waals surface area contributed by atoms with Crippen molar-refractivity contribution in [2.75, 3.05) is 13.2 Å². The highest BCUT2D eigenvalue weighted by molar-refractivity contribution is 7.98. The summed E-state index contributed by atoms with van der Waals surface area (Å²) in [4.78, 5) is 0. The lowest BCUT2D eigenvalue weighted by Crippen LogP contribution is -2.35. The molecule has 8 heteroatoms. The Balaban J connectivity index is 2.31. The number of halogens is 4. The van der Waals surface area contributed by atoms with Gasteiger partial charge >= 0.3 is 0 Å². The first-order valence-corrected chi connectivity index (χ1v) is 6.14. The van der Waals surface area contributed by atoms with Gasteiger partial charge in [-0.2, -0.15) is 8.78 Å². The second kappa shape index (κ2) is 7.01. The Morgan fingerprint density at radius 3 is 2.61 bits per heavy atom.